The summed E-state index contributed by atoms with van der Waals surface area (Å²) in [5.41, 5.74) is 1.79. The molecule has 0 aliphatic rings. The van der Waals surface area contributed by atoms with Gasteiger partial charge in [-0.3, -0.25) is 10.1 Å². The van der Waals surface area contributed by atoms with Gasteiger partial charge >= 0.3 is 5.69 Å². The third-order valence-electron chi connectivity index (χ3n) is 2.60. The van der Waals surface area contributed by atoms with Crippen LogP contribution in [0.25, 0.3) is 0 Å². The highest BCUT2D eigenvalue weighted by molar-refractivity contribution is 7.91. The number of nitrogen functional groups attached to an aromatic ring is 1. The molecule has 0 unspecified atom stereocenters. The number of hydrogen-bond donors (Lipinski definition) is 3. The van der Waals surface area contributed by atoms with Crippen LogP contribution in [0, 0.1) is 10.1 Å². The summed E-state index contributed by atoms with van der Waals surface area (Å²) >= 11 is 0.735. The van der Waals surface area contributed by atoms with Crippen LogP contribution in [0.3, 0.4) is 0 Å². The smallest absolute Gasteiger partial charge is 0.306 e. The van der Waals surface area contributed by atoms with Crippen molar-refractivity contribution in [1.29, 1.82) is 0 Å². The Morgan fingerprint density at radius 1 is 1.40 bits per heavy atom. The zero-order chi connectivity index (χ0) is 15.2. The van der Waals surface area contributed by atoms with Gasteiger partial charge in [-0.1, -0.05) is 37.5 Å². The summed E-state index contributed by atoms with van der Waals surface area (Å²) in [5, 5.41) is 10.8. The molecule has 8 nitrogen and oxygen atoms in total. The zero-order valence-electron chi connectivity index (χ0n) is 11.1. The zero-order valence-corrected chi connectivity index (χ0v) is 12.7. The second-order valence-electron chi connectivity index (χ2n) is 4.14. The largest absolute Gasteiger partial charge is 0.310 e. The topological polar surface area (TPSA) is 127 Å². The fraction of sp³-hybridized carbons (Fsp3) is 0.600. The summed E-state index contributed by atoms with van der Waals surface area (Å²) in [6.45, 7) is 2.38. The number of nitrogens with zero attached hydrogens (tertiary/aromatic N) is 1. The molecule has 10 heteroatoms. The third-order valence-corrected chi connectivity index (χ3v) is 5.60. The van der Waals surface area contributed by atoms with Crippen LogP contribution < -0.4 is 16.0 Å². The van der Waals surface area contributed by atoms with E-state index in [1.54, 1.807) is 0 Å². The molecule has 1 rings (SSSR count). The highest BCUT2D eigenvalue weighted by Crippen LogP contribution is 2.36. The Morgan fingerprint density at radius 3 is 2.60 bits per heavy atom. The SMILES string of the molecule is CCCCCCNS(=O)(=O)c1cc([N+](=O)[O-])c(NN)s1. The molecule has 0 radical (unpaired) electrons. The molecule has 1 heterocycles. The molecule has 0 amide bonds. The van der Waals surface area contributed by atoms with Crippen LogP contribution in [-0.4, -0.2) is 19.9 Å². The molecule has 0 saturated carbocycles. The fourth-order valence-electron chi connectivity index (χ4n) is 1.56. The Labute approximate surface area is 121 Å². The standard InChI is InChI=1S/C10H18N4O4S2/c1-2-3-4-5-6-12-20(17,18)9-7-8(14(15)16)10(13-11)19-9/h7,12-13H,2-6,11H2,1H3. The van der Waals surface area contributed by atoms with Gasteiger partial charge in [-0.15, -0.1) is 0 Å². The number of hydrazine groups is 1. The number of hydrogen-bond acceptors (Lipinski definition) is 7. The molecule has 0 aromatic carbocycles. The van der Waals surface area contributed by atoms with Gasteiger partial charge < -0.3 is 5.43 Å². The average Bonchev–Trinajstić information content (AvgIpc) is 2.83. The maximum atomic E-state index is 12.0. The van der Waals surface area contributed by atoms with Crippen LogP contribution in [0.15, 0.2) is 10.3 Å². The fourth-order valence-corrected chi connectivity index (χ4v) is 3.92. The number of rotatable bonds is 9. The number of anilines is 1. The first-order valence-electron chi connectivity index (χ1n) is 6.17. The predicted octanol–water partition coefficient (Wildman–Crippen LogP) is 1.80. The molecule has 0 atom stereocenters. The quantitative estimate of drug-likeness (QED) is 0.275. The first-order chi connectivity index (χ1) is 9.42. The van der Waals surface area contributed by atoms with Gasteiger partial charge in [0.25, 0.3) is 0 Å². The van der Waals surface area contributed by atoms with Gasteiger partial charge in [0.2, 0.25) is 10.0 Å². The van der Waals surface area contributed by atoms with Crippen LogP contribution in [0.1, 0.15) is 32.6 Å². The van der Waals surface area contributed by atoms with Crippen LogP contribution in [0.4, 0.5) is 10.7 Å². The minimum atomic E-state index is -3.72. The molecule has 0 saturated heterocycles. The molecule has 0 spiro atoms. The van der Waals surface area contributed by atoms with E-state index in [1.165, 1.54) is 0 Å². The monoisotopic (exact) mass is 322 g/mol. The Bertz CT molecular complexity index is 556. The summed E-state index contributed by atoms with van der Waals surface area (Å²) in [6.07, 6.45) is 3.80. The van der Waals surface area contributed by atoms with Crippen LogP contribution in [-0.2, 0) is 10.0 Å². The number of nitrogens with one attached hydrogen (secondary N) is 2. The van der Waals surface area contributed by atoms with Crippen molar-refractivity contribution in [1.82, 2.24) is 4.72 Å². The summed E-state index contributed by atoms with van der Waals surface area (Å²) in [4.78, 5) is 10.1. The van der Waals surface area contributed by atoms with E-state index in [9.17, 15) is 18.5 Å². The number of nitrogens with two attached hydrogens (primary N) is 1. The van der Waals surface area contributed by atoms with Crippen molar-refractivity contribution in [2.45, 2.75) is 36.8 Å². The van der Waals surface area contributed by atoms with Crippen LogP contribution >= 0.6 is 11.3 Å². The van der Waals surface area contributed by atoms with E-state index < -0.39 is 14.9 Å². The average molecular weight is 322 g/mol. The van der Waals surface area contributed by atoms with Gasteiger partial charge in [0.1, 0.15) is 4.21 Å². The summed E-state index contributed by atoms with van der Waals surface area (Å²) in [6, 6.07) is 1.01. The minimum absolute atomic E-state index is 0.0151. The van der Waals surface area contributed by atoms with Crippen molar-refractivity contribution >= 4 is 32.0 Å². The number of unbranched alkanes of at least 4 members (excludes halogenated alkanes) is 3. The molecule has 1 aromatic heterocycles. The van der Waals surface area contributed by atoms with E-state index in [4.69, 9.17) is 5.84 Å². The maximum Gasteiger partial charge on any atom is 0.306 e. The van der Waals surface area contributed by atoms with Crippen molar-refractivity contribution in [3.8, 4) is 0 Å². The Kier molecular flexibility index (Phi) is 6.33. The lowest BCUT2D eigenvalue weighted by molar-refractivity contribution is -0.383. The highest BCUT2D eigenvalue weighted by atomic mass is 32.2. The minimum Gasteiger partial charge on any atom is -0.310 e. The van der Waals surface area contributed by atoms with E-state index in [-0.39, 0.29) is 14.9 Å². The number of sulfonamides is 1. The summed E-state index contributed by atoms with van der Waals surface area (Å²) < 4.78 is 26.3. The second kappa shape index (κ2) is 7.53. The number of thiophene rings is 1. The van der Waals surface area contributed by atoms with Gasteiger partial charge in [0.15, 0.2) is 5.00 Å². The molecule has 0 aliphatic carbocycles. The van der Waals surface area contributed by atoms with Crippen LogP contribution in [0.5, 0.6) is 0 Å². The van der Waals surface area contributed by atoms with E-state index >= 15 is 0 Å². The number of nitro groups is 1. The molecule has 0 aliphatic heterocycles. The van der Waals surface area contributed by atoms with Crippen LogP contribution in [0.2, 0.25) is 0 Å². The van der Waals surface area contributed by atoms with Gasteiger partial charge in [0, 0.05) is 12.6 Å². The van der Waals surface area contributed by atoms with Crippen molar-refractivity contribution < 1.29 is 13.3 Å². The molecule has 114 valence electrons. The van der Waals surface area contributed by atoms with E-state index in [2.05, 4.69) is 17.1 Å². The van der Waals surface area contributed by atoms with Crippen molar-refractivity contribution in [2.24, 2.45) is 5.84 Å². The van der Waals surface area contributed by atoms with Crippen molar-refractivity contribution in [3.63, 3.8) is 0 Å². The Morgan fingerprint density at radius 2 is 2.10 bits per heavy atom. The summed E-state index contributed by atoms with van der Waals surface area (Å²) in [7, 11) is -3.72. The van der Waals surface area contributed by atoms with E-state index in [0.717, 1.165) is 43.1 Å². The van der Waals surface area contributed by atoms with Crippen molar-refractivity contribution in [3.05, 3.63) is 16.2 Å². The lowest BCUT2D eigenvalue weighted by Gasteiger charge is -2.03. The van der Waals surface area contributed by atoms with E-state index in [0.29, 0.717) is 6.54 Å². The van der Waals surface area contributed by atoms with Gasteiger partial charge in [-0.25, -0.2) is 19.0 Å². The van der Waals surface area contributed by atoms with E-state index in [1.807, 2.05) is 0 Å². The Hall–Kier alpha value is -1.23. The van der Waals surface area contributed by atoms with Crippen molar-refractivity contribution in [2.75, 3.05) is 12.0 Å². The molecular weight excluding hydrogens is 304 g/mol. The molecule has 0 fully saturated rings. The lowest BCUT2D eigenvalue weighted by atomic mass is 10.2. The Balaban J connectivity index is 2.75. The maximum absolute atomic E-state index is 12.0. The molecule has 20 heavy (non-hydrogen) atoms. The van der Waals surface area contributed by atoms with Gasteiger partial charge in [-0.05, 0) is 6.42 Å². The molecule has 1 aromatic rings. The van der Waals surface area contributed by atoms with Gasteiger partial charge in [-0.2, -0.15) is 0 Å². The highest BCUT2D eigenvalue weighted by Gasteiger charge is 2.25. The van der Waals surface area contributed by atoms with Gasteiger partial charge in [0.05, 0.1) is 4.92 Å². The molecule has 4 N–H and O–H groups in total. The predicted molar refractivity (Wildman–Crippen MR) is 78.1 cm³/mol. The first kappa shape index (κ1) is 16.8. The second-order valence-corrected chi connectivity index (χ2v) is 7.19. The third kappa shape index (κ3) is 4.40. The lowest BCUT2D eigenvalue weighted by Crippen LogP contribution is -2.24. The molecule has 0 bridgehead atoms. The summed E-state index contributed by atoms with van der Waals surface area (Å²) in [5.74, 6) is 5.14. The molecular formula is C10H18N4O4S2. The normalized spacial score (nSPS) is 11.5. The first-order valence-corrected chi connectivity index (χ1v) is 8.46.